The molecule has 0 heterocycles. The molecule has 4 nitrogen and oxygen atoms in total. The van der Waals surface area contributed by atoms with Crippen LogP contribution in [0.5, 0.6) is 0 Å². The van der Waals surface area contributed by atoms with Crippen molar-refractivity contribution < 1.29 is 9.59 Å². The molecule has 0 atom stereocenters. The lowest BCUT2D eigenvalue weighted by molar-refractivity contribution is -0.132. The van der Waals surface area contributed by atoms with Gasteiger partial charge in [-0.15, -0.1) is 0 Å². The number of rotatable bonds is 5. The molecule has 19 heavy (non-hydrogen) atoms. The second-order valence-electron chi connectivity index (χ2n) is 4.45. The number of anilines is 1. The van der Waals surface area contributed by atoms with Crippen molar-refractivity contribution in [1.29, 1.82) is 0 Å². The van der Waals surface area contributed by atoms with Gasteiger partial charge in [-0.25, -0.2) is 0 Å². The number of hydrogen-bond acceptors (Lipinski definition) is 2. The van der Waals surface area contributed by atoms with Gasteiger partial charge in [-0.05, 0) is 37.1 Å². The third-order valence-electron chi connectivity index (χ3n) is 2.74. The molecule has 1 rings (SSSR count). The molecule has 0 radical (unpaired) electrons. The number of carbonyl (C=O) groups is 2. The van der Waals surface area contributed by atoms with Crippen LogP contribution in [0.25, 0.3) is 0 Å². The van der Waals surface area contributed by atoms with Crippen LogP contribution in [0.4, 0.5) is 5.69 Å². The summed E-state index contributed by atoms with van der Waals surface area (Å²) in [5, 5.41) is 2.83. The number of hydrogen-bond donors (Lipinski definition) is 1. The third kappa shape index (κ3) is 5.03. The highest BCUT2D eigenvalue weighted by molar-refractivity contribution is 9.10. The van der Waals surface area contributed by atoms with E-state index in [1.54, 1.807) is 4.90 Å². The van der Waals surface area contributed by atoms with Crippen molar-refractivity contribution in [2.24, 2.45) is 0 Å². The number of nitrogens with zero attached hydrogens (tertiary/aromatic N) is 1. The molecule has 0 spiro atoms. The second kappa shape index (κ2) is 7.28. The molecule has 0 aliphatic carbocycles. The van der Waals surface area contributed by atoms with Crippen LogP contribution >= 0.6 is 15.9 Å². The van der Waals surface area contributed by atoms with Crippen molar-refractivity contribution in [3.8, 4) is 0 Å². The van der Waals surface area contributed by atoms with Gasteiger partial charge in [0.05, 0.1) is 6.54 Å². The van der Waals surface area contributed by atoms with Gasteiger partial charge in [0.1, 0.15) is 0 Å². The normalized spacial score (nSPS) is 10.1. The standard InChI is InChI=1S/C14H19BrN2O2/c1-4-7-17(11(3)18)9-14(19)16-13-6-5-12(15)8-10(13)2/h5-6,8H,4,7,9H2,1-3H3,(H,16,19). The smallest absolute Gasteiger partial charge is 0.244 e. The monoisotopic (exact) mass is 326 g/mol. The summed E-state index contributed by atoms with van der Waals surface area (Å²) in [5.74, 6) is -0.251. The molecule has 0 aliphatic heterocycles. The molecule has 1 aromatic carbocycles. The molecule has 1 aromatic rings. The lowest BCUT2D eigenvalue weighted by atomic mass is 10.2. The molecule has 104 valence electrons. The zero-order chi connectivity index (χ0) is 14.4. The second-order valence-corrected chi connectivity index (χ2v) is 5.36. The lowest BCUT2D eigenvalue weighted by Gasteiger charge is -2.20. The summed E-state index contributed by atoms with van der Waals surface area (Å²) in [5.41, 5.74) is 1.75. The van der Waals surface area contributed by atoms with Crippen molar-refractivity contribution >= 4 is 33.4 Å². The summed E-state index contributed by atoms with van der Waals surface area (Å²) >= 11 is 3.38. The molecule has 0 aromatic heterocycles. The first-order valence-electron chi connectivity index (χ1n) is 6.25. The van der Waals surface area contributed by atoms with Crippen LogP contribution in [0.2, 0.25) is 0 Å². The minimum atomic E-state index is -0.172. The van der Waals surface area contributed by atoms with Crippen LogP contribution in [0.1, 0.15) is 25.8 Å². The first-order chi connectivity index (χ1) is 8.93. The molecule has 0 saturated heterocycles. The van der Waals surface area contributed by atoms with Crippen LogP contribution in [0.15, 0.2) is 22.7 Å². The van der Waals surface area contributed by atoms with E-state index in [0.717, 1.165) is 22.1 Å². The maximum Gasteiger partial charge on any atom is 0.244 e. The SMILES string of the molecule is CCCN(CC(=O)Nc1ccc(Br)cc1C)C(C)=O. The number of halogens is 1. The number of nitrogens with one attached hydrogen (secondary N) is 1. The predicted molar refractivity (Wildman–Crippen MR) is 80.1 cm³/mol. The van der Waals surface area contributed by atoms with Gasteiger partial charge >= 0.3 is 0 Å². The van der Waals surface area contributed by atoms with Crippen molar-refractivity contribution in [3.63, 3.8) is 0 Å². The largest absolute Gasteiger partial charge is 0.334 e. The lowest BCUT2D eigenvalue weighted by Crippen LogP contribution is -2.37. The summed E-state index contributed by atoms with van der Waals surface area (Å²) in [6.45, 7) is 6.08. The third-order valence-corrected chi connectivity index (χ3v) is 3.23. The molecule has 0 fully saturated rings. The number of amides is 2. The van der Waals surface area contributed by atoms with Gasteiger partial charge in [-0.1, -0.05) is 22.9 Å². The maximum absolute atomic E-state index is 11.9. The fourth-order valence-corrected chi connectivity index (χ4v) is 2.22. The Morgan fingerprint density at radius 3 is 2.58 bits per heavy atom. The van der Waals surface area contributed by atoms with Crippen LogP contribution < -0.4 is 5.32 Å². The van der Waals surface area contributed by atoms with Crippen molar-refractivity contribution in [2.75, 3.05) is 18.4 Å². The van der Waals surface area contributed by atoms with Gasteiger partial charge in [-0.2, -0.15) is 0 Å². The van der Waals surface area contributed by atoms with Gasteiger partial charge < -0.3 is 10.2 Å². The van der Waals surface area contributed by atoms with Crippen molar-refractivity contribution in [3.05, 3.63) is 28.2 Å². The summed E-state index contributed by atoms with van der Waals surface area (Å²) < 4.78 is 0.972. The maximum atomic E-state index is 11.9. The molecule has 0 bridgehead atoms. The van der Waals surface area contributed by atoms with E-state index in [2.05, 4.69) is 21.2 Å². The van der Waals surface area contributed by atoms with Crippen molar-refractivity contribution in [1.82, 2.24) is 4.90 Å². The zero-order valence-corrected chi connectivity index (χ0v) is 13.1. The van der Waals surface area contributed by atoms with Gasteiger partial charge in [0.15, 0.2) is 0 Å². The minimum absolute atomic E-state index is 0.0791. The molecule has 0 unspecified atom stereocenters. The molecular weight excluding hydrogens is 308 g/mol. The summed E-state index contributed by atoms with van der Waals surface area (Å²) in [7, 11) is 0. The van der Waals surface area contributed by atoms with E-state index in [9.17, 15) is 9.59 Å². The Hall–Kier alpha value is -1.36. The number of carbonyl (C=O) groups excluding carboxylic acids is 2. The molecule has 1 N–H and O–H groups in total. The van der Waals surface area contributed by atoms with Gasteiger partial charge in [-0.3, -0.25) is 9.59 Å². The zero-order valence-electron chi connectivity index (χ0n) is 11.5. The first-order valence-corrected chi connectivity index (χ1v) is 7.04. The molecular formula is C14H19BrN2O2. The number of benzene rings is 1. The highest BCUT2D eigenvalue weighted by Gasteiger charge is 2.13. The van der Waals surface area contributed by atoms with Gasteiger partial charge in [0.25, 0.3) is 0 Å². The van der Waals surface area contributed by atoms with Gasteiger partial charge in [0, 0.05) is 23.6 Å². The molecule has 0 aliphatic rings. The molecule has 2 amide bonds. The van der Waals surface area contributed by atoms with Crippen LogP contribution in [-0.2, 0) is 9.59 Å². The van der Waals surface area contributed by atoms with Crippen LogP contribution in [0.3, 0.4) is 0 Å². The van der Waals surface area contributed by atoms with E-state index in [1.807, 2.05) is 32.0 Å². The fraction of sp³-hybridized carbons (Fsp3) is 0.429. The Labute approximate surface area is 122 Å². The number of aryl methyl sites for hydroxylation is 1. The van der Waals surface area contributed by atoms with E-state index in [1.165, 1.54) is 6.92 Å². The van der Waals surface area contributed by atoms with E-state index in [0.29, 0.717) is 6.54 Å². The van der Waals surface area contributed by atoms with Crippen molar-refractivity contribution in [2.45, 2.75) is 27.2 Å². The van der Waals surface area contributed by atoms with Gasteiger partial charge in [0.2, 0.25) is 11.8 Å². The van der Waals surface area contributed by atoms with E-state index < -0.39 is 0 Å². The molecule has 0 saturated carbocycles. The predicted octanol–water partition coefficient (Wildman–Crippen LogP) is 2.95. The van der Waals surface area contributed by atoms with Crippen LogP contribution in [0, 0.1) is 6.92 Å². The Morgan fingerprint density at radius 2 is 2.05 bits per heavy atom. The Bertz CT molecular complexity index is 475. The minimum Gasteiger partial charge on any atom is -0.334 e. The Kier molecular flexibility index (Phi) is 6.02. The summed E-state index contributed by atoms with van der Waals surface area (Å²) in [6, 6.07) is 5.65. The topological polar surface area (TPSA) is 49.4 Å². The van der Waals surface area contributed by atoms with E-state index >= 15 is 0 Å². The van der Waals surface area contributed by atoms with Crippen LogP contribution in [-0.4, -0.2) is 29.8 Å². The first kappa shape index (κ1) is 15.7. The van der Waals surface area contributed by atoms with E-state index in [4.69, 9.17) is 0 Å². The highest BCUT2D eigenvalue weighted by Crippen LogP contribution is 2.19. The quantitative estimate of drug-likeness (QED) is 0.904. The fourth-order valence-electron chi connectivity index (χ4n) is 1.75. The Morgan fingerprint density at radius 1 is 1.37 bits per heavy atom. The summed E-state index contributed by atoms with van der Waals surface area (Å²) in [6.07, 6.45) is 0.837. The average Bonchev–Trinajstić information content (AvgIpc) is 2.32. The van der Waals surface area contributed by atoms with E-state index in [-0.39, 0.29) is 18.4 Å². The average molecular weight is 327 g/mol. The Balaban J connectivity index is 2.66. The highest BCUT2D eigenvalue weighted by atomic mass is 79.9. The molecule has 5 heteroatoms. The summed E-state index contributed by atoms with van der Waals surface area (Å²) in [4.78, 5) is 24.8.